The Morgan fingerprint density at radius 2 is 1.67 bits per heavy atom. The van der Waals surface area contributed by atoms with Crippen molar-refractivity contribution in [2.45, 2.75) is 33.1 Å². The zero-order chi connectivity index (χ0) is 15.6. The molecule has 0 spiro atoms. The van der Waals surface area contributed by atoms with Gasteiger partial charge in [0, 0.05) is 3.57 Å². The lowest BCUT2D eigenvalue weighted by Crippen LogP contribution is -2.12. The minimum Gasteiger partial charge on any atom is -0.423 e. The molecule has 0 heterocycles. The Balaban J connectivity index is 2.14. The second-order valence-electron chi connectivity index (χ2n) is 6.13. The molecule has 0 aromatic heterocycles. The van der Waals surface area contributed by atoms with Crippen LogP contribution in [0.2, 0.25) is 0 Å². The molecule has 0 bridgehead atoms. The number of ether oxygens (including phenoxy) is 1. The lowest BCUT2D eigenvalue weighted by Gasteiger charge is -2.19. The van der Waals surface area contributed by atoms with Crippen molar-refractivity contribution < 1.29 is 9.53 Å². The molecule has 0 fully saturated rings. The summed E-state index contributed by atoms with van der Waals surface area (Å²) in [5.74, 6) is 0.250. The molecule has 110 valence electrons. The van der Waals surface area contributed by atoms with Crippen molar-refractivity contribution in [1.82, 2.24) is 0 Å². The summed E-state index contributed by atoms with van der Waals surface area (Å²) in [6.07, 6.45) is 0. The summed E-state index contributed by atoms with van der Waals surface area (Å²) in [6, 6.07) is 13.3. The number of esters is 1. The van der Waals surface area contributed by atoms with Crippen LogP contribution in [0.25, 0.3) is 0 Å². The van der Waals surface area contributed by atoms with Crippen LogP contribution in [0, 0.1) is 10.5 Å². The van der Waals surface area contributed by atoms with Crippen molar-refractivity contribution in [1.29, 1.82) is 0 Å². The van der Waals surface area contributed by atoms with Gasteiger partial charge in [0.2, 0.25) is 0 Å². The number of benzene rings is 2. The number of carbonyl (C=O) groups excluding carboxylic acids is 1. The summed E-state index contributed by atoms with van der Waals surface area (Å²) in [7, 11) is 0. The van der Waals surface area contributed by atoms with Crippen molar-refractivity contribution in [3.05, 3.63) is 62.7 Å². The number of aryl methyl sites for hydroxylation is 1. The van der Waals surface area contributed by atoms with E-state index in [1.807, 2.05) is 43.3 Å². The Morgan fingerprint density at radius 3 is 2.19 bits per heavy atom. The minimum absolute atomic E-state index is 0.0929. The van der Waals surface area contributed by atoms with E-state index in [1.54, 1.807) is 6.07 Å². The summed E-state index contributed by atoms with van der Waals surface area (Å²) in [5.41, 5.74) is 3.04. The van der Waals surface area contributed by atoms with Crippen LogP contribution in [0.3, 0.4) is 0 Å². The molecule has 2 aromatic rings. The molecule has 2 aromatic carbocycles. The third-order valence-electron chi connectivity index (χ3n) is 3.34. The first kappa shape index (κ1) is 16.0. The maximum atomic E-state index is 12.1. The van der Waals surface area contributed by atoms with Crippen LogP contribution in [-0.4, -0.2) is 5.97 Å². The first-order chi connectivity index (χ1) is 9.77. The smallest absolute Gasteiger partial charge is 0.343 e. The largest absolute Gasteiger partial charge is 0.423 e. The summed E-state index contributed by atoms with van der Waals surface area (Å²) in [6.45, 7) is 8.48. The van der Waals surface area contributed by atoms with Crippen LogP contribution in [0.1, 0.15) is 42.3 Å². The van der Waals surface area contributed by atoms with Crippen molar-refractivity contribution in [3.63, 3.8) is 0 Å². The van der Waals surface area contributed by atoms with E-state index in [4.69, 9.17) is 4.74 Å². The number of hydrogen-bond acceptors (Lipinski definition) is 2. The summed E-state index contributed by atoms with van der Waals surface area (Å²) >= 11 is 2.22. The molecule has 0 aliphatic heterocycles. The Labute approximate surface area is 139 Å². The van der Waals surface area contributed by atoms with E-state index in [2.05, 4.69) is 43.4 Å². The van der Waals surface area contributed by atoms with Gasteiger partial charge in [-0.1, -0.05) is 39.0 Å². The fourth-order valence-corrected chi connectivity index (χ4v) is 2.42. The second-order valence-corrected chi connectivity index (χ2v) is 7.29. The summed E-state index contributed by atoms with van der Waals surface area (Å²) < 4.78 is 6.48. The van der Waals surface area contributed by atoms with Gasteiger partial charge in [-0.2, -0.15) is 0 Å². The van der Waals surface area contributed by atoms with Gasteiger partial charge in [-0.3, -0.25) is 0 Å². The molecule has 2 rings (SSSR count). The maximum Gasteiger partial charge on any atom is 0.343 e. The van der Waals surface area contributed by atoms with E-state index in [1.165, 1.54) is 5.56 Å². The van der Waals surface area contributed by atoms with E-state index in [0.717, 1.165) is 9.13 Å². The topological polar surface area (TPSA) is 26.3 Å². The van der Waals surface area contributed by atoms with E-state index >= 15 is 0 Å². The van der Waals surface area contributed by atoms with Crippen LogP contribution in [-0.2, 0) is 5.41 Å². The number of hydrogen-bond donors (Lipinski definition) is 0. The first-order valence-electron chi connectivity index (χ1n) is 6.86. The molecule has 0 saturated heterocycles. The predicted molar refractivity (Wildman–Crippen MR) is 94.0 cm³/mol. The minimum atomic E-state index is -0.323. The Kier molecular flexibility index (Phi) is 4.71. The number of halogens is 1. The van der Waals surface area contributed by atoms with Gasteiger partial charge in [0.25, 0.3) is 0 Å². The molecule has 0 amide bonds. The molecule has 0 saturated carbocycles. The van der Waals surface area contributed by atoms with Gasteiger partial charge < -0.3 is 4.74 Å². The van der Waals surface area contributed by atoms with Gasteiger partial charge in [-0.25, -0.2) is 4.79 Å². The molecule has 2 nitrogen and oxygen atoms in total. The quantitative estimate of drug-likeness (QED) is 0.402. The Hall–Kier alpha value is -1.36. The van der Waals surface area contributed by atoms with Gasteiger partial charge >= 0.3 is 5.97 Å². The zero-order valence-corrected chi connectivity index (χ0v) is 14.9. The van der Waals surface area contributed by atoms with Gasteiger partial charge in [0.15, 0.2) is 0 Å². The summed E-state index contributed by atoms with van der Waals surface area (Å²) in [5, 5.41) is 0. The molecule has 0 aliphatic carbocycles. The predicted octanol–water partition coefficient (Wildman–Crippen LogP) is 5.12. The van der Waals surface area contributed by atoms with E-state index in [-0.39, 0.29) is 11.4 Å². The van der Waals surface area contributed by atoms with Crippen LogP contribution in [0.4, 0.5) is 0 Å². The van der Waals surface area contributed by atoms with Gasteiger partial charge in [0.1, 0.15) is 5.75 Å². The first-order valence-corrected chi connectivity index (χ1v) is 7.94. The van der Waals surface area contributed by atoms with Gasteiger partial charge in [-0.15, -0.1) is 0 Å². The molecule has 3 heteroatoms. The highest BCUT2D eigenvalue weighted by molar-refractivity contribution is 14.1. The molecule has 0 radical (unpaired) electrons. The van der Waals surface area contributed by atoms with Crippen LogP contribution in [0.5, 0.6) is 5.75 Å². The normalized spacial score (nSPS) is 11.3. The van der Waals surface area contributed by atoms with Crippen molar-refractivity contribution in [2.75, 3.05) is 0 Å². The molecule has 0 N–H and O–H groups in total. The molecule has 0 unspecified atom stereocenters. The zero-order valence-electron chi connectivity index (χ0n) is 12.7. The monoisotopic (exact) mass is 394 g/mol. The Morgan fingerprint density at radius 1 is 1.05 bits per heavy atom. The SMILES string of the molecule is Cc1ccc(C(=O)Oc2ccc(C(C)(C)C)cc2)cc1I. The Bertz CT molecular complexity index is 652. The van der Waals surface area contributed by atoms with E-state index < -0.39 is 0 Å². The standard InChI is InChI=1S/C18H19IO2/c1-12-5-6-13(11-16(12)19)17(20)21-15-9-7-14(8-10-15)18(2,3)4/h5-11H,1-4H3. The van der Waals surface area contributed by atoms with Crippen molar-refractivity contribution in [2.24, 2.45) is 0 Å². The summed E-state index contributed by atoms with van der Waals surface area (Å²) in [4.78, 5) is 12.1. The molecule has 0 atom stereocenters. The molecular formula is C18H19IO2. The van der Waals surface area contributed by atoms with Crippen LogP contribution < -0.4 is 4.74 Å². The molecular weight excluding hydrogens is 375 g/mol. The van der Waals surface area contributed by atoms with Crippen LogP contribution in [0.15, 0.2) is 42.5 Å². The lowest BCUT2D eigenvalue weighted by atomic mass is 9.87. The fourth-order valence-electron chi connectivity index (χ4n) is 1.91. The number of rotatable bonds is 2. The highest BCUT2D eigenvalue weighted by atomic mass is 127. The molecule has 21 heavy (non-hydrogen) atoms. The van der Waals surface area contributed by atoms with E-state index in [9.17, 15) is 4.79 Å². The average Bonchev–Trinajstić information content (AvgIpc) is 2.41. The van der Waals surface area contributed by atoms with Crippen LogP contribution >= 0.6 is 22.6 Å². The fraction of sp³-hybridized carbons (Fsp3) is 0.278. The van der Waals surface area contributed by atoms with Crippen molar-refractivity contribution >= 4 is 28.6 Å². The van der Waals surface area contributed by atoms with E-state index in [0.29, 0.717) is 11.3 Å². The second kappa shape index (κ2) is 6.18. The van der Waals surface area contributed by atoms with Gasteiger partial charge in [-0.05, 0) is 70.3 Å². The average molecular weight is 394 g/mol. The third-order valence-corrected chi connectivity index (χ3v) is 4.50. The van der Waals surface area contributed by atoms with Gasteiger partial charge in [0.05, 0.1) is 5.56 Å². The van der Waals surface area contributed by atoms with Crippen molar-refractivity contribution in [3.8, 4) is 5.75 Å². The highest BCUT2D eigenvalue weighted by Crippen LogP contribution is 2.24. The number of carbonyl (C=O) groups is 1. The maximum absolute atomic E-state index is 12.1. The highest BCUT2D eigenvalue weighted by Gasteiger charge is 2.14. The third kappa shape index (κ3) is 4.06. The molecule has 0 aliphatic rings. The lowest BCUT2D eigenvalue weighted by molar-refractivity contribution is 0.0734.